The Labute approximate surface area is 79.5 Å². The lowest BCUT2D eigenvalue weighted by Gasteiger charge is -2.36. The monoisotopic (exact) mass is 218 g/mol. The van der Waals surface area contributed by atoms with Crippen LogP contribution in [0.2, 0.25) is 0 Å². The molecular weight excluding hydrogens is 204 g/mol. The molecule has 14 heavy (non-hydrogen) atoms. The molecule has 6 heteroatoms. The molecule has 0 amide bonds. The Bertz CT molecular complexity index is 165. The Morgan fingerprint density at radius 2 is 1.64 bits per heavy atom. The van der Waals surface area contributed by atoms with E-state index in [1.165, 1.54) is 6.92 Å². The number of rotatable bonds is 6. The molecule has 0 spiro atoms. The Morgan fingerprint density at radius 3 is 1.86 bits per heavy atom. The number of alkyl halides is 4. The zero-order chi connectivity index (χ0) is 11.4. The maximum absolute atomic E-state index is 13.2. The average molecular weight is 218 g/mol. The fraction of sp³-hybridized carbons (Fsp3) is 1.00. The molecule has 0 saturated heterocycles. The van der Waals surface area contributed by atoms with Gasteiger partial charge in [-0.3, -0.25) is 0 Å². The molecule has 0 saturated carbocycles. The molecule has 0 rings (SSSR count). The standard InChI is InChI=1S/C8H14F4O2/c1-2-3-6(11)7(4-9,5-10)8(12,13)14/h6,13-14H,2-5H2,1H3. The smallest absolute Gasteiger partial charge is 0.329 e. The van der Waals surface area contributed by atoms with Gasteiger partial charge in [-0.25, -0.2) is 13.2 Å². The van der Waals surface area contributed by atoms with Crippen molar-refractivity contribution in [2.75, 3.05) is 13.3 Å². The molecule has 2 N–H and O–H groups in total. The maximum Gasteiger partial charge on any atom is 0.329 e. The zero-order valence-corrected chi connectivity index (χ0v) is 7.81. The van der Waals surface area contributed by atoms with Crippen molar-refractivity contribution >= 4 is 0 Å². The molecule has 1 unspecified atom stereocenters. The van der Waals surface area contributed by atoms with E-state index < -0.39 is 31.0 Å². The summed E-state index contributed by atoms with van der Waals surface area (Å²) in [6, 6.07) is -4.19. The molecule has 1 atom stereocenters. The second-order valence-electron chi connectivity index (χ2n) is 3.27. The summed E-state index contributed by atoms with van der Waals surface area (Å²) in [5.41, 5.74) is -3.02. The molecule has 0 aliphatic carbocycles. The lowest BCUT2D eigenvalue weighted by Crippen LogP contribution is -2.54. The van der Waals surface area contributed by atoms with Gasteiger partial charge in [0, 0.05) is 0 Å². The van der Waals surface area contributed by atoms with Crippen LogP contribution in [-0.4, -0.2) is 35.8 Å². The van der Waals surface area contributed by atoms with Gasteiger partial charge in [0.05, 0.1) is 0 Å². The maximum atomic E-state index is 13.2. The number of hydrogen-bond donors (Lipinski definition) is 2. The normalized spacial score (nSPS) is 15.6. The van der Waals surface area contributed by atoms with Gasteiger partial charge in [-0.1, -0.05) is 13.3 Å². The lowest BCUT2D eigenvalue weighted by molar-refractivity contribution is -0.347. The van der Waals surface area contributed by atoms with Crippen LogP contribution in [0.4, 0.5) is 17.6 Å². The highest BCUT2D eigenvalue weighted by Gasteiger charge is 2.57. The van der Waals surface area contributed by atoms with Gasteiger partial charge < -0.3 is 10.2 Å². The van der Waals surface area contributed by atoms with E-state index in [4.69, 9.17) is 10.2 Å². The van der Waals surface area contributed by atoms with Gasteiger partial charge in [0.2, 0.25) is 0 Å². The highest BCUT2D eigenvalue weighted by atomic mass is 19.2. The summed E-state index contributed by atoms with van der Waals surface area (Å²) >= 11 is 0. The second-order valence-corrected chi connectivity index (χ2v) is 3.27. The molecule has 2 nitrogen and oxygen atoms in total. The molecule has 0 fully saturated rings. The summed E-state index contributed by atoms with van der Waals surface area (Å²) in [7, 11) is 0. The number of halogens is 4. The van der Waals surface area contributed by atoms with Crippen LogP contribution in [-0.2, 0) is 0 Å². The molecule has 0 radical (unpaired) electrons. The largest absolute Gasteiger partial charge is 0.339 e. The van der Waals surface area contributed by atoms with E-state index in [9.17, 15) is 17.6 Å². The van der Waals surface area contributed by atoms with Crippen LogP contribution >= 0.6 is 0 Å². The van der Waals surface area contributed by atoms with Crippen LogP contribution in [0.25, 0.3) is 0 Å². The van der Waals surface area contributed by atoms with Gasteiger partial charge in [-0.05, 0) is 6.42 Å². The van der Waals surface area contributed by atoms with Crippen LogP contribution in [0.1, 0.15) is 19.8 Å². The molecule has 0 aliphatic heterocycles. The third-order valence-electron chi connectivity index (χ3n) is 2.25. The molecule has 86 valence electrons. The van der Waals surface area contributed by atoms with Crippen molar-refractivity contribution in [3.05, 3.63) is 0 Å². The van der Waals surface area contributed by atoms with E-state index in [-0.39, 0.29) is 12.8 Å². The van der Waals surface area contributed by atoms with Crippen molar-refractivity contribution in [3.8, 4) is 0 Å². The molecule has 0 bridgehead atoms. The first-order chi connectivity index (χ1) is 6.35. The first-order valence-corrected chi connectivity index (χ1v) is 4.25. The summed E-state index contributed by atoms with van der Waals surface area (Å²) in [5.74, 6) is 0. The van der Waals surface area contributed by atoms with Gasteiger partial charge in [-0.15, -0.1) is 0 Å². The fourth-order valence-electron chi connectivity index (χ4n) is 1.10. The van der Waals surface area contributed by atoms with Crippen LogP contribution in [0, 0.1) is 5.41 Å². The minimum absolute atomic E-state index is 0.221. The first-order valence-electron chi connectivity index (χ1n) is 4.25. The molecule has 0 aromatic carbocycles. The molecular formula is C8H14F4O2. The van der Waals surface area contributed by atoms with Crippen molar-refractivity contribution in [2.24, 2.45) is 5.41 Å². The number of hydrogen-bond acceptors (Lipinski definition) is 2. The van der Waals surface area contributed by atoms with Crippen LogP contribution in [0.3, 0.4) is 0 Å². The van der Waals surface area contributed by atoms with Gasteiger partial charge in [0.1, 0.15) is 24.9 Å². The zero-order valence-electron chi connectivity index (χ0n) is 7.81. The predicted molar refractivity (Wildman–Crippen MR) is 42.5 cm³/mol. The van der Waals surface area contributed by atoms with E-state index in [1.54, 1.807) is 0 Å². The molecule has 0 aromatic rings. The van der Waals surface area contributed by atoms with E-state index in [2.05, 4.69) is 0 Å². The van der Waals surface area contributed by atoms with Crippen molar-refractivity contribution in [1.29, 1.82) is 0 Å². The van der Waals surface area contributed by atoms with Crippen LogP contribution in [0.5, 0.6) is 0 Å². The highest BCUT2D eigenvalue weighted by molar-refractivity contribution is 4.92. The van der Waals surface area contributed by atoms with Crippen LogP contribution < -0.4 is 0 Å². The summed E-state index contributed by atoms with van der Waals surface area (Å²) in [6.07, 6.45) is -2.39. The molecule has 0 aromatic heterocycles. The number of aliphatic hydroxyl groups is 2. The van der Waals surface area contributed by atoms with E-state index in [0.29, 0.717) is 0 Å². The average Bonchev–Trinajstić information content (AvgIpc) is 2.05. The Balaban J connectivity index is 4.87. The predicted octanol–water partition coefficient (Wildman–Crippen LogP) is 1.66. The van der Waals surface area contributed by atoms with Crippen molar-refractivity contribution < 1.29 is 27.8 Å². The summed E-state index contributed by atoms with van der Waals surface area (Å²) in [6.45, 7) is -2.09. The summed E-state index contributed by atoms with van der Waals surface area (Å²) in [5, 5.41) is 17.0. The second kappa shape index (κ2) is 4.93. The third kappa shape index (κ3) is 2.36. The van der Waals surface area contributed by atoms with Crippen molar-refractivity contribution in [1.82, 2.24) is 0 Å². The van der Waals surface area contributed by atoms with Crippen molar-refractivity contribution in [2.45, 2.75) is 32.0 Å². The Kier molecular flexibility index (Phi) is 4.80. The van der Waals surface area contributed by atoms with E-state index in [0.717, 1.165) is 0 Å². The van der Waals surface area contributed by atoms with Crippen LogP contribution in [0.15, 0.2) is 0 Å². The van der Waals surface area contributed by atoms with Gasteiger partial charge in [0.25, 0.3) is 0 Å². The minimum Gasteiger partial charge on any atom is -0.339 e. The highest BCUT2D eigenvalue weighted by Crippen LogP contribution is 2.39. The Morgan fingerprint density at radius 1 is 1.21 bits per heavy atom. The van der Waals surface area contributed by atoms with Gasteiger partial charge in [0.15, 0.2) is 0 Å². The summed E-state index contributed by atoms with van der Waals surface area (Å²) < 4.78 is 50.5. The quantitative estimate of drug-likeness (QED) is 0.525. The van der Waals surface area contributed by atoms with E-state index in [1.807, 2.05) is 0 Å². The van der Waals surface area contributed by atoms with Gasteiger partial charge in [-0.2, -0.15) is 4.39 Å². The summed E-state index contributed by atoms with van der Waals surface area (Å²) in [4.78, 5) is 0. The lowest BCUT2D eigenvalue weighted by atomic mass is 9.81. The van der Waals surface area contributed by atoms with Gasteiger partial charge >= 0.3 is 6.04 Å². The Hall–Kier alpha value is -0.360. The molecule has 0 heterocycles. The molecule has 0 aliphatic rings. The first kappa shape index (κ1) is 13.6. The topological polar surface area (TPSA) is 40.5 Å². The third-order valence-corrected chi connectivity index (χ3v) is 2.25. The minimum atomic E-state index is -4.19. The van der Waals surface area contributed by atoms with E-state index >= 15 is 0 Å². The SMILES string of the molecule is CCCC(F)C(CF)(CF)C(O)(O)F. The fourth-order valence-corrected chi connectivity index (χ4v) is 1.10. The van der Waals surface area contributed by atoms with Crippen molar-refractivity contribution in [3.63, 3.8) is 0 Å².